The Morgan fingerprint density at radius 3 is 2.62 bits per heavy atom. The van der Waals surface area contributed by atoms with Gasteiger partial charge in [-0.25, -0.2) is 0 Å². The predicted octanol–water partition coefficient (Wildman–Crippen LogP) is 2.76. The van der Waals surface area contributed by atoms with Crippen molar-refractivity contribution >= 4 is 0 Å². The Hall–Kier alpha value is -1.10. The first-order valence-corrected chi connectivity index (χ1v) is 5.18. The Morgan fingerprint density at radius 1 is 1.50 bits per heavy atom. The highest BCUT2D eigenvalue weighted by atomic mass is 19.4. The summed E-state index contributed by atoms with van der Waals surface area (Å²) < 4.78 is 38.1. The van der Waals surface area contributed by atoms with E-state index in [1.54, 1.807) is 0 Å². The summed E-state index contributed by atoms with van der Waals surface area (Å²) in [5.41, 5.74) is 5.31. The summed E-state index contributed by atoms with van der Waals surface area (Å²) in [6, 6.07) is 0.433. The van der Waals surface area contributed by atoms with Crippen molar-refractivity contribution in [1.82, 2.24) is 4.98 Å². The molecule has 1 aromatic heterocycles. The summed E-state index contributed by atoms with van der Waals surface area (Å²) in [6.45, 7) is 1.99. The van der Waals surface area contributed by atoms with E-state index >= 15 is 0 Å². The molecule has 1 fully saturated rings. The van der Waals surface area contributed by atoms with Gasteiger partial charge < -0.3 is 5.73 Å². The first-order chi connectivity index (χ1) is 7.41. The van der Waals surface area contributed by atoms with E-state index in [1.165, 1.54) is 6.20 Å². The Balaban J connectivity index is 2.33. The van der Waals surface area contributed by atoms with E-state index in [9.17, 15) is 13.2 Å². The SMILES string of the molecule is CC1CC1C(N)c1cnccc1C(F)(F)F. The number of alkyl halides is 3. The zero-order valence-corrected chi connectivity index (χ0v) is 8.83. The molecule has 1 aliphatic carbocycles. The fourth-order valence-electron chi connectivity index (χ4n) is 2.01. The molecule has 0 aliphatic heterocycles. The first-order valence-electron chi connectivity index (χ1n) is 5.18. The predicted molar refractivity (Wildman–Crippen MR) is 53.4 cm³/mol. The molecule has 88 valence electrons. The quantitative estimate of drug-likeness (QED) is 0.848. The van der Waals surface area contributed by atoms with Crippen LogP contribution in [0.4, 0.5) is 13.2 Å². The van der Waals surface area contributed by atoms with E-state index in [4.69, 9.17) is 5.73 Å². The van der Waals surface area contributed by atoms with Gasteiger partial charge in [-0.1, -0.05) is 6.92 Å². The molecule has 1 saturated carbocycles. The van der Waals surface area contributed by atoms with Gasteiger partial charge in [0.05, 0.1) is 5.56 Å². The van der Waals surface area contributed by atoms with E-state index in [0.717, 1.165) is 18.7 Å². The van der Waals surface area contributed by atoms with Crippen molar-refractivity contribution < 1.29 is 13.2 Å². The fraction of sp³-hybridized carbons (Fsp3) is 0.545. The summed E-state index contributed by atoms with van der Waals surface area (Å²) in [5, 5.41) is 0. The zero-order valence-electron chi connectivity index (χ0n) is 8.83. The molecule has 1 aliphatic rings. The minimum Gasteiger partial charge on any atom is -0.324 e. The lowest BCUT2D eigenvalue weighted by Gasteiger charge is -2.17. The lowest BCUT2D eigenvalue weighted by atomic mass is 9.98. The molecule has 0 saturated heterocycles. The van der Waals surface area contributed by atoms with Crippen molar-refractivity contribution in [1.29, 1.82) is 0 Å². The third kappa shape index (κ3) is 2.04. The summed E-state index contributed by atoms with van der Waals surface area (Å²) >= 11 is 0. The average molecular weight is 230 g/mol. The highest BCUT2D eigenvalue weighted by molar-refractivity contribution is 5.30. The van der Waals surface area contributed by atoms with Crippen LogP contribution in [-0.4, -0.2) is 4.98 Å². The number of nitrogens with two attached hydrogens (primary N) is 1. The highest BCUT2D eigenvalue weighted by Crippen LogP contribution is 2.47. The molecular formula is C11H13F3N2. The largest absolute Gasteiger partial charge is 0.416 e. The van der Waals surface area contributed by atoms with E-state index in [0.29, 0.717) is 5.92 Å². The van der Waals surface area contributed by atoms with Crippen LogP contribution in [0.5, 0.6) is 0 Å². The van der Waals surface area contributed by atoms with Crippen LogP contribution in [0.15, 0.2) is 18.5 Å². The molecule has 3 unspecified atom stereocenters. The standard InChI is InChI=1S/C11H13F3N2/c1-6-4-7(6)10(15)8-5-16-3-2-9(8)11(12,13)14/h2-3,5-7,10H,4,15H2,1H3. The molecule has 2 N–H and O–H groups in total. The van der Waals surface area contributed by atoms with Crippen LogP contribution >= 0.6 is 0 Å². The van der Waals surface area contributed by atoms with Gasteiger partial charge in [0.1, 0.15) is 0 Å². The van der Waals surface area contributed by atoms with E-state index < -0.39 is 17.8 Å². The van der Waals surface area contributed by atoms with Crippen molar-refractivity contribution in [2.75, 3.05) is 0 Å². The number of hydrogen-bond acceptors (Lipinski definition) is 2. The fourth-order valence-corrected chi connectivity index (χ4v) is 2.01. The minimum atomic E-state index is -4.35. The Morgan fingerprint density at radius 2 is 2.12 bits per heavy atom. The molecule has 0 amide bonds. The van der Waals surface area contributed by atoms with Gasteiger partial charge in [0, 0.05) is 18.4 Å². The Labute approximate surface area is 91.7 Å². The third-order valence-corrected chi connectivity index (χ3v) is 3.15. The zero-order chi connectivity index (χ0) is 11.9. The van der Waals surface area contributed by atoms with Crippen molar-refractivity contribution in [3.05, 3.63) is 29.6 Å². The number of hydrogen-bond donors (Lipinski definition) is 1. The normalized spacial score (nSPS) is 26.6. The first kappa shape index (κ1) is 11.4. The molecule has 0 radical (unpaired) electrons. The molecule has 1 heterocycles. The summed E-state index contributed by atoms with van der Waals surface area (Å²) in [7, 11) is 0. The van der Waals surface area contributed by atoms with Gasteiger partial charge in [-0.3, -0.25) is 4.98 Å². The number of halogens is 3. The molecule has 16 heavy (non-hydrogen) atoms. The smallest absolute Gasteiger partial charge is 0.324 e. The number of rotatable bonds is 2. The van der Waals surface area contributed by atoms with Crippen LogP contribution < -0.4 is 5.73 Å². The van der Waals surface area contributed by atoms with Gasteiger partial charge in [0.2, 0.25) is 0 Å². The second-order valence-corrected chi connectivity index (χ2v) is 4.36. The average Bonchev–Trinajstić information content (AvgIpc) is 2.93. The molecular weight excluding hydrogens is 217 g/mol. The minimum absolute atomic E-state index is 0.115. The topological polar surface area (TPSA) is 38.9 Å². The van der Waals surface area contributed by atoms with E-state index in [-0.39, 0.29) is 11.5 Å². The van der Waals surface area contributed by atoms with Crippen LogP contribution in [0.1, 0.15) is 30.5 Å². The van der Waals surface area contributed by atoms with Gasteiger partial charge in [0.15, 0.2) is 0 Å². The molecule has 5 heteroatoms. The van der Waals surface area contributed by atoms with Crippen LogP contribution in [0.2, 0.25) is 0 Å². The number of nitrogens with zero attached hydrogens (tertiary/aromatic N) is 1. The van der Waals surface area contributed by atoms with Crippen LogP contribution in [-0.2, 0) is 6.18 Å². The van der Waals surface area contributed by atoms with E-state index in [1.807, 2.05) is 6.92 Å². The van der Waals surface area contributed by atoms with Gasteiger partial charge >= 0.3 is 6.18 Å². The molecule has 2 nitrogen and oxygen atoms in total. The lowest BCUT2D eigenvalue weighted by Crippen LogP contribution is -2.19. The summed E-state index contributed by atoms with van der Waals surface area (Å²) in [5.74, 6) is 0.571. The maximum absolute atomic E-state index is 12.7. The molecule has 0 spiro atoms. The number of pyridine rings is 1. The third-order valence-electron chi connectivity index (χ3n) is 3.15. The van der Waals surface area contributed by atoms with Gasteiger partial charge in [-0.15, -0.1) is 0 Å². The van der Waals surface area contributed by atoms with Crippen molar-refractivity contribution in [2.45, 2.75) is 25.6 Å². The van der Waals surface area contributed by atoms with Gasteiger partial charge in [-0.05, 0) is 29.9 Å². The maximum atomic E-state index is 12.7. The van der Waals surface area contributed by atoms with Crippen LogP contribution in [0.25, 0.3) is 0 Å². The lowest BCUT2D eigenvalue weighted by molar-refractivity contribution is -0.138. The molecule has 0 bridgehead atoms. The molecule has 3 atom stereocenters. The van der Waals surface area contributed by atoms with Crippen LogP contribution in [0.3, 0.4) is 0 Å². The second kappa shape index (κ2) is 3.73. The summed E-state index contributed by atoms with van der Waals surface area (Å²) in [4.78, 5) is 3.74. The molecule has 0 aromatic carbocycles. The Kier molecular flexibility index (Phi) is 2.66. The molecule has 2 rings (SSSR count). The van der Waals surface area contributed by atoms with E-state index in [2.05, 4.69) is 4.98 Å². The monoisotopic (exact) mass is 230 g/mol. The van der Waals surface area contributed by atoms with Gasteiger partial charge in [0.25, 0.3) is 0 Å². The van der Waals surface area contributed by atoms with Crippen LogP contribution in [0, 0.1) is 11.8 Å². The van der Waals surface area contributed by atoms with Crippen molar-refractivity contribution in [3.63, 3.8) is 0 Å². The van der Waals surface area contributed by atoms with Crippen molar-refractivity contribution in [2.24, 2.45) is 17.6 Å². The Bertz CT molecular complexity index is 389. The highest BCUT2D eigenvalue weighted by Gasteiger charge is 2.42. The summed E-state index contributed by atoms with van der Waals surface area (Å²) in [6.07, 6.45) is -1.07. The van der Waals surface area contributed by atoms with Crippen molar-refractivity contribution in [3.8, 4) is 0 Å². The molecule has 1 aromatic rings. The number of aromatic nitrogens is 1. The second-order valence-electron chi connectivity index (χ2n) is 4.36. The van der Waals surface area contributed by atoms with Gasteiger partial charge in [-0.2, -0.15) is 13.2 Å². The maximum Gasteiger partial charge on any atom is 0.416 e.